The van der Waals surface area contributed by atoms with E-state index in [9.17, 15) is 14.4 Å². The van der Waals surface area contributed by atoms with E-state index >= 15 is 0 Å². The van der Waals surface area contributed by atoms with Gasteiger partial charge in [-0.2, -0.15) is 0 Å². The molecule has 1 rings (SSSR count). The van der Waals surface area contributed by atoms with Crippen LogP contribution in [0.5, 0.6) is 0 Å². The number of aliphatic carboxylic acids is 1. The van der Waals surface area contributed by atoms with Gasteiger partial charge in [-0.15, -0.1) is 0 Å². The Hall–Kier alpha value is -2.71. The van der Waals surface area contributed by atoms with Crippen molar-refractivity contribution in [1.82, 2.24) is 14.9 Å². The average molecular weight is 253 g/mol. The number of nitrogens with one attached hydrogen (secondary N) is 1. The summed E-state index contributed by atoms with van der Waals surface area (Å²) >= 11 is 0. The fraction of sp³-hybridized carbons (Fsp3) is 0.222. The Morgan fingerprint density at radius 2 is 1.89 bits per heavy atom. The van der Waals surface area contributed by atoms with E-state index in [0.717, 1.165) is 4.90 Å². The Balaban J connectivity index is 2.69. The first kappa shape index (κ1) is 13.4. The number of nitrogens with zero attached hydrogens (tertiary/aromatic N) is 3. The molecule has 0 unspecified atom stereocenters. The summed E-state index contributed by atoms with van der Waals surface area (Å²) in [5.74, 6) is -2.06. The highest BCUT2D eigenvalue weighted by Gasteiger charge is 2.18. The number of amides is 3. The number of anilines is 1. The van der Waals surface area contributed by atoms with E-state index in [2.05, 4.69) is 15.3 Å². The first-order valence-electron chi connectivity index (χ1n) is 4.80. The molecular formula is C9H11N5O4. The van der Waals surface area contributed by atoms with Gasteiger partial charge in [-0.3, -0.25) is 9.59 Å². The summed E-state index contributed by atoms with van der Waals surface area (Å²) in [6.07, 6.45) is 3.93. The predicted molar refractivity (Wildman–Crippen MR) is 59.5 cm³/mol. The molecule has 9 heteroatoms. The van der Waals surface area contributed by atoms with Gasteiger partial charge in [0.15, 0.2) is 0 Å². The summed E-state index contributed by atoms with van der Waals surface area (Å²) in [6.45, 7) is -1.13. The van der Waals surface area contributed by atoms with Crippen LogP contribution in [0.15, 0.2) is 18.7 Å². The largest absolute Gasteiger partial charge is 0.480 e. The van der Waals surface area contributed by atoms with Crippen LogP contribution in [0, 0.1) is 0 Å². The van der Waals surface area contributed by atoms with E-state index < -0.39 is 31.0 Å². The number of rotatable bonds is 5. The lowest BCUT2D eigenvalue weighted by Gasteiger charge is -2.19. The van der Waals surface area contributed by atoms with Gasteiger partial charge in [-0.25, -0.2) is 14.8 Å². The Morgan fingerprint density at radius 3 is 2.39 bits per heavy atom. The second kappa shape index (κ2) is 6.13. The van der Waals surface area contributed by atoms with Crippen molar-refractivity contribution >= 4 is 23.6 Å². The molecule has 0 radical (unpaired) electrons. The highest BCUT2D eigenvalue weighted by atomic mass is 16.4. The molecule has 0 bridgehead atoms. The van der Waals surface area contributed by atoms with E-state index in [4.69, 9.17) is 10.8 Å². The first-order valence-corrected chi connectivity index (χ1v) is 4.80. The lowest BCUT2D eigenvalue weighted by atomic mass is 10.4. The van der Waals surface area contributed by atoms with Crippen LogP contribution in [0.3, 0.4) is 0 Å². The van der Waals surface area contributed by atoms with Gasteiger partial charge >= 0.3 is 12.0 Å². The number of nitrogens with two attached hydrogens (primary N) is 1. The molecule has 0 fully saturated rings. The Morgan fingerprint density at radius 1 is 1.28 bits per heavy atom. The molecule has 4 N–H and O–H groups in total. The summed E-state index contributed by atoms with van der Waals surface area (Å²) < 4.78 is 0. The average Bonchev–Trinajstić information content (AvgIpc) is 2.28. The van der Waals surface area contributed by atoms with Crippen LogP contribution >= 0.6 is 0 Å². The number of aromatic nitrogens is 2. The predicted octanol–water partition coefficient (Wildman–Crippen LogP) is -1.12. The lowest BCUT2D eigenvalue weighted by Crippen LogP contribution is -2.43. The fourth-order valence-corrected chi connectivity index (χ4v) is 1.12. The van der Waals surface area contributed by atoms with Gasteiger partial charge < -0.3 is 21.1 Å². The van der Waals surface area contributed by atoms with Crippen molar-refractivity contribution in [1.29, 1.82) is 0 Å². The normalized spacial score (nSPS) is 9.56. The molecular weight excluding hydrogens is 242 g/mol. The minimum atomic E-state index is -1.25. The molecule has 9 nitrogen and oxygen atoms in total. The zero-order valence-electron chi connectivity index (χ0n) is 9.24. The summed E-state index contributed by atoms with van der Waals surface area (Å²) in [5.41, 5.74) is 5.20. The minimum Gasteiger partial charge on any atom is -0.480 e. The second-order valence-corrected chi connectivity index (χ2v) is 3.27. The first-order chi connectivity index (χ1) is 8.49. The molecule has 0 spiro atoms. The summed E-state index contributed by atoms with van der Waals surface area (Å²) in [7, 11) is 0. The van der Waals surface area contributed by atoms with Crippen LogP contribution in [0.25, 0.3) is 0 Å². The van der Waals surface area contributed by atoms with Crippen LogP contribution < -0.4 is 11.1 Å². The number of hydrogen-bond acceptors (Lipinski definition) is 5. The van der Waals surface area contributed by atoms with Gasteiger partial charge in [0.1, 0.15) is 19.4 Å². The highest BCUT2D eigenvalue weighted by molar-refractivity contribution is 5.93. The smallest absolute Gasteiger partial charge is 0.323 e. The number of urea groups is 1. The lowest BCUT2D eigenvalue weighted by molar-refractivity contribution is -0.137. The molecule has 96 valence electrons. The topological polar surface area (TPSA) is 139 Å². The Kier molecular flexibility index (Phi) is 4.55. The third-order valence-corrected chi connectivity index (χ3v) is 1.77. The molecule has 3 amide bonds. The van der Waals surface area contributed by atoms with Crippen LogP contribution in [0.4, 0.5) is 10.5 Å². The molecule has 0 atom stereocenters. The molecule has 1 aromatic rings. The van der Waals surface area contributed by atoms with Crippen molar-refractivity contribution in [3.05, 3.63) is 18.7 Å². The zero-order chi connectivity index (χ0) is 13.5. The van der Waals surface area contributed by atoms with E-state index in [1.807, 2.05) is 0 Å². The maximum Gasteiger partial charge on any atom is 0.323 e. The summed E-state index contributed by atoms with van der Waals surface area (Å²) in [4.78, 5) is 41.0. The van der Waals surface area contributed by atoms with Gasteiger partial charge in [0.2, 0.25) is 5.91 Å². The maximum absolute atomic E-state index is 11.7. The Labute approximate surface area is 102 Å². The number of carbonyl (C=O) groups is 3. The van der Waals surface area contributed by atoms with Gasteiger partial charge in [0.25, 0.3) is 0 Å². The standard InChI is InChI=1S/C9H11N5O4/c10-7(15)3-14(4-8(16)17)9(18)13-6-1-11-5-12-2-6/h1-2,5H,3-4H2,(H2,10,15)(H,13,18)(H,16,17). The van der Waals surface area contributed by atoms with Crippen LogP contribution in [0.1, 0.15) is 0 Å². The number of hydrogen-bond donors (Lipinski definition) is 3. The van der Waals surface area contributed by atoms with Gasteiger partial charge in [0, 0.05) is 0 Å². The number of carboxylic acids is 1. The molecule has 1 aromatic heterocycles. The van der Waals surface area contributed by atoms with Gasteiger partial charge in [-0.1, -0.05) is 0 Å². The van der Waals surface area contributed by atoms with Crippen molar-refractivity contribution in [2.45, 2.75) is 0 Å². The van der Waals surface area contributed by atoms with Crippen molar-refractivity contribution in [2.75, 3.05) is 18.4 Å². The van der Waals surface area contributed by atoms with Crippen molar-refractivity contribution < 1.29 is 19.5 Å². The van der Waals surface area contributed by atoms with E-state index in [-0.39, 0.29) is 5.69 Å². The van der Waals surface area contributed by atoms with Crippen LogP contribution in [-0.4, -0.2) is 51.0 Å². The zero-order valence-corrected chi connectivity index (χ0v) is 9.24. The number of carboxylic acid groups (broad SMARTS) is 1. The quantitative estimate of drug-likeness (QED) is 0.607. The fourth-order valence-electron chi connectivity index (χ4n) is 1.12. The molecule has 0 aliphatic heterocycles. The molecule has 0 saturated carbocycles. The molecule has 1 heterocycles. The third kappa shape index (κ3) is 4.43. The number of primary amides is 1. The van der Waals surface area contributed by atoms with Crippen molar-refractivity contribution in [3.63, 3.8) is 0 Å². The van der Waals surface area contributed by atoms with E-state index in [0.29, 0.717) is 0 Å². The highest BCUT2D eigenvalue weighted by Crippen LogP contribution is 2.02. The van der Waals surface area contributed by atoms with Crippen molar-refractivity contribution in [2.24, 2.45) is 5.73 Å². The van der Waals surface area contributed by atoms with Gasteiger partial charge in [0.05, 0.1) is 18.1 Å². The maximum atomic E-state index is 11.7. The SMILES string of the molecule is NC(=O)CN(CC(=O)O)C(=O)Nc1cncnc1. The molecule has 0 saturated heterocycles. The molecule has 0 aliphatic rings. The second-order valence-electron chi connectivity index (χ2n) is 3.27. The summed E-state index contributed by atoms with van der Waals surface area (Å²) in [5, 5.41) is 11.0. The summed E-state index contributed by atoms with van der Waals surface area (Å²) in [6, 6.07) is -0.772. The minimum absolute atomic E-state index is 0.280. The van der Waals surface area contributed by atoms with Crippen LogP contribution in [0.2, 0.25) is 0 Å². The van der Waals surface area contributed by atoms with E-state index in [1.54, 1.807) is 0 Å². The third-order valence-electron chi connectivity index (χ3n) is 1.77. The van der Waals surface area contributed by atoms with Crippen molar-refractivity contribution in [3.8, 4) is 0 Å². The van der Waals surface area contributed by atoms with E-state index in [1.165, 1.54) is 18.7 Å². The Bertz CT molecular complexity index is 434. The molecule has 0 aromatic carbocycles. The van der Waals surface area contributed by atoms with Crippen LogP contribution in [-0.2, 0) is 9.59 Å². The molecule has 18 heavy (non-hydrogen) atoms. The molecule has 0 aliphatic carbocycles. The monoisotopic (exact) mass is 253 g/mol. The number of carbonyl (C=O) groups excluding carboxylic acids is 2. The van der Waals surface area contributed by atoms with Gasteiger partial charge in [-0.05, 0) is 0 Å².